The van der Waals surface area contributed by atoms with Gasteiger partial charge in [0.2, 0.25) is 5.88 Å². The smallest absolute Gasteiger partial charge is 0.262 e. The minimum absolute atomic E-state index is 0.0271. The maximum atomic E-state index is 10.9. The van der Waals surface area contributed by atoms with Gasteiger partial charge in [-0.3, -0.25) is 4.79 Å². The molecule has 11 heavy (non-hydrogen) atoms. The molecule has 0 spiro atoms. The number of thiol groups is 1. The van der Waals surface area contributed by atoms with E-state index < -0.39 is 0 Å². The third-order valence-corrected chi connectivity index (χ3v) is 1.43. The van der Waals surface area contributed by atoms with Crippen LogP contribution in [0.5, 0.6) is 0 Å². The second kappa shape index (κ2) is 4.90. The summed E-state index contributed by atoms with van der Waals surface area (Å²) >= 11 is 3.85. The molecule has 5 heteroatoms. The van der Waals surface area contributed by atoms with E-state index in [1.54, 1.807) is 0 Å². The van der Waals surface area contributed by atoms with Gasteiger partial charge in [-0.05, 0) is 6.92 Å². The minimum Gasteiger partial charge on any atom is -0.482 e. The lowest BCUT2D eigenvalue weighted by atomic mass is 10.5. The second-order valence-electron chi connectivity index (χ2n) is 1.78. The van der Waals surface area contributed by atoms with Gasteiger partial charge < -0.3 is 15.8 Å². The van der Waals surface area contributed by atoms with Gasteiger partial charge in [0, 0.05) is 6.54 Å². The molecule has 0 bridgehead atoms. The van der Waals surface area contributed by atoms with Crippen molar-refractivity contribution >= 4 is 18.5 Å². The summed E-state index contributed by atoms with van der Waals surface area (Å²) in [6.07, 6.45) is 0. The summed E-state index contributed by atoms with van der Waals surface area (Å²) in [5, 5.41) is 2.53. The standard InChI is InChI=1S/C6H12N2O2S/c1-3-8-6(9)4(11)5(7)10-2/h11H,3,7H2,1-2H3,(H,8,9)/b5-4+. The van der Waals surface area contributed by atoms with Gasteiger partial charge in [0.15, 0.2) is 0 Å². The zero-order valence-corrected chi connectivity index (χ0v) is 7.44. The molecule has 0 aliphatic rings. The Morgan fingerprint density at radius 2 is 2.27 bits per heavy atom. The maximum absolute atomic E-state index is 10.9. The van der Waals surface area contributed by atoms with Gasteiger partial charge in [-0.15, -0.1) is 12.6 Å². The summed E-state index contributed by atoms with van der Waals surface area (Å²) in [5.41, 5.74) is 5.27. The third-order valence-electron chi connectivity index (χ3n) is 1.01. The van der Waals surface area contributed by atoms with Crippen molar-refractivity contribution in [2.24, 2.45) is 5.73 Å². The summed E-state index contributed by atoms with van der Waals surface area (Å²) in [5.74, 6) is -0.297. The van der Waals surface area contributed by atoms with E-state index in [2.05, 4.69) is 22.7 Å². The quantitative estimate of drug-likeness (QED) is 0.318. The van der Waals surface area contributed by atoms with Crippen molar-refractivity contribution in [1.82, 2.24) is 5.32 Å². The Balaban J connectivity index is 4.22. The van der Waals surface area contributed by atoms with Gasteiger partial charge in [0.05, 0.1) is 7.11 Å². The van der Waals surface area contributed by atoms with Crippen LogP contribution in [-0.2, 0) is 9.53 Å². The average Bonchev–Trinajstić information content (AvgIpc) is 2.02. The van der Waals surface area contributed by atoms with Crippen molar-refractivity contribution in [1.29, 1.82) is 0 Å². The summed E-state index contributed by atoms with van der Waals surface area (Å²) in [6.45, 7) is 2.35. The fourth-order valence-corrected chi connectivity index (χ4v) is 0.623. The fraction of sp³-hybridized carbons (Fsp3) is 0.500. The Hall–Kier alpha value is -0.840. The van der Waals surface area contributed by atoms with Crippen LogP contribution in [0.1, 0.15) is 6.92 Å². The fourth-order valence-electron chi connectivity index (χ4n) is 0.453. The van der Waals surface area contributed by atoms with E-state index in [0.717, 1.165) is 0 Å². The van der Waals surface area contributed by atoms with Crippen molar-refractivity contribution in [2.75, 3.05) is 13.7 Å². The lowest BCUT2D eigenvalue weighted by molar-refractivity contribution is -0.116. The summed E-state index contributed by atoms with van der Waals surface area (Å²) in [6, 6.07) is 0. The Morgan fingerprint density at radius 3 is 2.64 bits per heavy atom. The molecule has 0 rings (SSSR count). The van der Waals surface area contributed by atoms with Crippen LogP contribution < -0.4 is 11.1 Å². The van der Waals surface area contributed by atoms with Crippen molar-refractivity contribution in [3.05, 3.63) is 10.8 Å². The van der Waals surface area contributed by atoms with Crippen LogP contribution in [0.15, 0.2) is 10.8 Å². The monoisotopic (exact) mass is 176 g/mol. The number of hydrogen-bond acceptors (Lipinski definition) is 4. The van der Waals surface area contributed by atoms with Gasteiger partial charge in [0.25, 0.3) is 5.91 Å². The van der Waals surface area contributed by atoms with E-state index in [1.807, 2.05) is 6.92 Å². The molecule has 0 aliphatic heterocycles. The van der Waals surface area contributed by atoms with Crippen LogP contribution in [0.25, 0.3) is 0 Å². The summed E-state index contributed by atoms with van der Waals surface area (Å²) in [4.78, 5) is 11.0. The van der Waals surface area contributed by atoms with E-state index in [-0.39, 0.29) is 16.7 Å². The number of amides is 1. The topological polar surface area (TPSA) is 64.4 Å². The molecule has 0 unspecified atom stereocenters. The molecule has 0 saturated heterocycles. The zero-order chi connectivity index (χ0) is 8.85. The number of carbonyl (C=O) groups is 1. The molecule has 0 aromatic carbocycles. The zero-order valence-electron chi connectivity index (χ0n) is 6.55. The number of hydrogen-bond donors (Lipinski definition) is 3. The average molecular weight is 176 g/mol. The maximum Gasteiger partial charge on any atom is 0.262 e. The first-order valence-corrected chi connectivity index (χ1v) is 3.59. The van der Waals surface area contributed by atoms with Crippen molar-refractivity contribution in [2.45, 2.75) is 6.92 Å². The van der Waals surface area contributed by atoms with E-state index >= 15 is 0 Å². The van der Waals surface area contributed by atoms with Gasteiger partial charge in [-0.2, -0.15) is 0 Å². The molecule has 0 aromatic rings. The van der Waals surface area contributed by atoms with Gasteiger partial charge in [-0.25, -0.2) is 0 Å². The predicted octanol–water partition coefficient (Wildman–Crippen LogP) is -0.174. The Kier molecular flexibility index (Phi) is 4.52. The molecule has 64 valence electrons. The van der Waals surface area contributed by atoms with Gasteiger partial charge >= 0.3 is 0 Å². The first-order chi connectivity index (χ1) is 5.13. The molecule has 0 saturated carbocycles. The van der Waals surface area contributed by atoms with Crippen LogP contribution >= 0.6 is 12.6 Å². The highest BCUT2D eigenvalue weighted by Gasteiger charge is 2.07. The molecule has 0 aliphatic carbocycles. The number of ether oxygens (including phenoxy) is 1. The van der Waals surface area contributed by atoms with Crippen molar-refractivity contribution < 1.29 is 9.53 Å². The summed E-state index contributed by atoms with van der Waals surface area (Å²) in [7, 11) is 1.38. The van der Waals surface area contributed by atoms with Crippen molar-refractivity contribution in [3.63, 3.8) is 0 Å². The lowest BCUT2D eigenvalue weighted by Crippen LogP contribution is -2.25. The molecule has 0 atom stereocenters. The van der Waals surface area contributed by atoms with Crippen LogP contribution in [0.3, 0.4) is 0 Å². The SMILES string of the molecule is CCNC(=O)/C(S)=C(/N)OC. The number of methoxy groups -OCH3 is 1. The van der Waals surface area contributed by atoms with E-state index in [4.69, 9.17) is 5.73 Å². The molecule has 0 fully saturated rings. The molecular weight excluding hydrogens is 164 g/mol. The highest BCUT2D eigenvalue weighted by Crippen LogP contribution is 2.03. The third kappa shape index (κ3) is 3.18. The molecule has 3 N–H and O–H groups in total. The number of likely N-dealkylation sites (N-methyl/N-ethyl adjacent to an activating group) is 1. The Labute approximate surface area is 71.2 Å². The normalized spacial score (nSPS) is 11.9. The van der Waals surface area contributed by atoms with Gasteiger partial charge in [0.1, 0.15) is 4.91 Å². The molecular formula is C6H12N2O2S. The Bertz CT molecular complexity index is 179. The second-order valence-corrected chi connectivity index (χ2v) is 2.22. The van der Waals surface area contributed by atoms with E-state index in [9.17, 15) is 4.79 Å². The number of rotatable bonds is 3. The summed E-state index contributed by atoms with van der Waals surface area (Å²) < 4.78 is 4.60. The van der Waals surface area contributed by atoms with Crippen molar-refractivity contribution in [3.8, 4) is 0 Å². The molecule has 1 amide bonds. The minimum atomic E-state index is -0.324. The van der Waals surface area contributed by atoms with E-state index in [1.165, 1.54) is 7.11 Å². The number of carbonyl (C=O) groups excluding carboxylic acids is 1. The first kappa shape index (κ1) is 10.2. The van der Waals surface area contributed by atoms with Crippen LogP contribution in [0.2, 0.25) is 0 Å². The molecule has 0 aromatic heterocycles. The van der Waals surface area contributed by atoms with E-state index in [0.29, 0.717) is 6.54 Å². The largest absolute Gasteiger partial charge is 0.482 e. The number of nitrogens with two attached hydrogens (primary N) is 1. The highest BCUT2D eigenvalue weighted by molar-refractivity contribution is 7.85. The predicted molar refractivity (Wildman–Crippen MR) is 45.9 cm³/mol. The molecule has 0 radical (unpaired) electrons. The van der Waals surface area contributed by atoms with Crippen LogP contribution in [0, 0.1) is 0 Å². The van der Waals surface area contributed by atoms with Crippen LogP contribution in [-0.4, -0.2) is 19.6 Å². The Morgan fingerprint density at radius 1 is 1.73 bits per heavy atom. The highest BCUT2D eigenvalue weighted by atomic mass is 32.1. The first-order valence-electron chi connectivity index (χ1n) is 3.14. The molecule has 0 heterocycles. The van der Waals surface area contributed by atoms with Gasteiger partial charge in [-0.1, -0.05) is 0 Å². The lowest BCUT2D eigenvalue weighted by Gasteiger charge is -2.04. The molecule has 4 nitrogen and oxygen atoms in total. The van der Waals surface area contributed by atoms with Crippen LogP contribution in [0.4, 0.5) is 0 Å². The number of nitrogens with one attached hydrogen (secondary N) is 1.